The van der Waals surface area contributed by atoms with E-state index in [-0.39, 0.29) is 5.91 Å². The molecule has 2 aliphatic heterocycles. The van der Waals surface area contributed by atoms with E-state index < -0.39 is 0 Å². The van der Waals surface area contributed by atoms with Gasteiger partial charge in [-0.05, 0) is 80.2 Å². The largest absolute Gasteiger partial charge is 0.452 e. The molecule has 0 atom stereocenters. The van der Waals surface area contributed by atoms with Crippen LogP contribution in [0.5, 0.6) is 5.75 Å². The summed E-state index contributed by atoms with van der Waals surface area (Å²) < 4.78 is 7.96. The lowest BCUT2D eigenvalue weighted by Gasteiger charge is -2.30. The smallest absolute Gasteiger partial charge is 0.294 e. The number of likely N-dealkylation sites (tertiary alicyclic amines) is 1. The van der Waals surface area contributed by atoms with Gasteiger partial charge in [0.15, 0.2) is 5.76 Å². The van der Waals surface area contributed by atoms with E-state index >= 15 is 0 Å². The van der Waals surface area contributed by atoms with Gasteiger partial charge in [0.1, 0.15) is 5.75 Å². The zero-order valence-electron chi connectivity index (χ0n) is 17.5. The van der Waals surface area contributed by atoms with E-state index in [0.717, 1.165) is 29.7 Å². The van der Waals surface area contributed by atoms with Crippen LogP contribution in [0.1, 0.15) is 30.7 Å². The van der Waals surface area contributed by atoms with Crippen molar-refractivity contribution in [1.29, 1.82) is 0 Å². The summed E-state index contributed by atoms with van der Waals surface area (Å²) in [6.07, 6.45) is 7.61. The minimum atomic E-state index is -0.101. The Labute approximate surface area is 181 Å². The summed E-state index contributed by atoms with van der Waals surface area (Å²) in [7, 11) is 0. The first kappa shape index (κ1) is 18.6. The van der Waals surface area contributed by atoms with Crippen molar-refractivity contribution in [3.8, 4) is 5.75 Å². The molecule has 2 fully saturated rings. The number of hydrogen-bond acceptors (Lipinski definition) is 4. The second-order valence-corrected chi connectivity index (χ2v) is 8.74. The number of carbonyl (C=O) groups is 1. The lowest BCUT2D eigenvalue weighted by molar-refractivity contribution is -0.116. The summed E-state index contributed by atoms with van der Waals surface area (Å²) in [5.74, 6) is 1.72. The summed E-state index contributed by atoms with van der Waals surface area (Å²) in [6.45, 7) is 4.84. The molecular weight excluding hydrogens is 388 g/mol. The maximum atomic E-state index is 13.0. The zero-order chi connectivity index (χ0) is 20.8. The number of fused-ring (bicyclic) bond motifs is 1. The molecule has 1 aromatic heterocycles. The summed E-state index contributed by atoms with van der Waals surface area (Å²) in [5.41, 5.74) is 3.34. The van der Waals surface area contributed by atoms with Crippen molar-refractivity contribution in [2.45, 2.75) is 31.7 Å². The van der Waals surface area contributed by atoms with Crippen LogP contribution in [0.4, 0.5) is 5.69 Å². The van der Waals surface area contributed by atoms with Crippen LogP contribution in [-0.2, 0) is 11.3 Å². The fourth-order valence-electron chi connectivity index (χ4n) is 4.40. The number of carbonyl (C=O) groups excluding carboxylic acids is 1. The van der Waals surface area contributed by atoms with Gasteiger partial charge in [-0.3, -0.25) is 9.48 Å². The van der Waals surface area contributed by atoms with Gasteiger partial charge in [0.2, 0.25) is 0 Å². The van der Waals surface area contributed by atoms with Gasteiger partial charge in [-0.15, -0.1) is 0 Å². The van der Waals surface area contributed by atoms with Crippen LogP contribution < -0.4 is 9.64 Å². The van der Waals surface area contributed by atoms with E-state index in [2.05, 4.69) is 32.9 Å². The van der Waals surface area contributed by atoms with Crippen molar-refractivity contribution in [3.63, 3.8) is 0 Å². The molecule has 0 radical (unpaired) electrons. The molecule has 158 valence electrons. The quantitative estimate of drug-likeness (QED) is 0.588. The molecular formula is C25H26N4O2. The molecule has 3 aliphatic rings. The van der Waals surface area contributed by atoms with E-state index in [4.69, 9.17) is 4.74 Å². The van der Waals surface area contributed by atoms with E-state index in [1.165, 1.54) is 37.9 Å². The number of nitrogens with zero attached hydrogens (tertiary/aromatic N) is 4. The van der Waals surface area contributed by atoms with Crippen molar-refractivity contribution >= 4 is 22.5 Å². The number of rotatable bonds is 7. The molecule has 0 unspecified atom stereocenters. The highest BCUT2D eigenvalue weighted by molar-refractivity contribution is 6.08. The molecule has 0 N–H and O–H groups in total. The Balaban J connectivity index is 1.14. The Kier molecular flexibility index (Phi) is 4.53. The standard InChI is InChI=1S/C25H26N4O2/c30-25-24(31-22-7-4-19(5-8-22)18-2-3-18)10-13-28(25)21-6-9-23-20(16-21)17-26-29(23)15-14-27-11-1-12-27/h4-10,16-18H,1-3,11-15H2. The minimum Gasteiger partial charge on any atom is -0.452 e. The number of amides is 1. The normalized spacial score (nSPS) is 19.0. The van der Waals surface area contributed by atoms with E-state index in [9.17, 15) is 4.79 Å². The van der Waals surface area contributed by atoms with Crippen LogP contribution in [0.2, 0.25) is 0 Å². The maximum Gasteiger partial charge on any atom is 0.294 e. The third-order valence-electron chi connectivity index (χ3n) is 6.59. The van der Waals surface area contributed by atoms with Gasteiger partial charge in [0.25, 0.3) is 5.91 Å². The third-order valence-corrected chi connectivity index (χ3v) is 6.59. The van der Waals surface area contributed by atoms with Gasteiger partial charge in [-0.2, -0.15) is 5.10 Å². The highest BCUT2D eigenvalue weighted by Crippen LogP contribution is 2.40. The highest BCUT2D eigenvalue weighted by Gasteiger charge is 2.28. The topological polar surface area (TPSA) is 50.6 Å². The van der Waals surface area contributed by atoms with Crippen LogP contribution >= 0.6 is 0 Å². The van der Waals surface area contributed by atoms with Crippen LogP contribution in [0.15, 0.2) is 60.5 Å². The Bertz CT molecular complexity index is 1160. The summed E-state index contributed by atoms with van der Waals surface area (Å²) in [6, 6.07) is 14.3. The molecule has 6 heteroatoms. The van der Waals surface area contributed by atoms with Crippen LogP contribution in [-0.4, -0.2) is 46.8 Å². The van der Waals surface area contributed by atoms with Gasteiger partial charge in [0, 0.05) is 24.2 Å². The lowest BCUT2D eigenvalue weighted by Crippen LogP contribution is -2.39. The first-order valence-electron chi connectivity index (χ1n) is 11.2. The zero-order valence-corrected chi connectivity index (χ0v) is 17.5. The molecule has 1 aliphatic carbocycles. The Morgan fingerprint density at radius 2 is 1.87 bits per heavy atom. The number of anilines is 1. The SMILES string of the molecule is O=C1C(Oc2ccc(C3CC3)cc2)=CCN1c1ccc2c(cnn2CCN2CCC2)c1. The Morgan fingerprint density at radius 1 is 1.03 bits per heavy atom. The molecule has 1 saturated heterocycles. The second kappa shape index (κ2) is 7.54. The Hall–Kier alpha value is -3.12. The average Bonchev–Trinajstić information content (AvgIpc) is 3.44. The van der Waals surface area contributed by atoms with Crippen molar-refractivity contribution < 1.29 is 9.53 Å². The van der Waals surface area contributed by atoms with Crippen molar-refractivity contribution in [1.82, 2.24) is 14.7 Å². The molecule has 1 amide bonds. The van der Waals surface area contributed by atoms with E-state index in [1.807, 2.05) is 36.5 Å². The predicted molar refractivity (Wildman–Crippen MR) is 120 cm³/mol. The molecule has 2 aromatic carbocycles. The van der Waals surface area contributed by atoms with Gasteiger partial charge in [-0.1, -0.05) is 12.1 Å². The fourth-order valence-corrected chi connectivity index (χ4v) is 4.40. The van der Waals surface area contributed by atoms with Gasteiger partial charge >= 0.3 is 0 Å². The predicted octanol–water partition coefficient (Wildman–Crippen LogP) is 3.93. The summed E-state index contributed by atoms with van der Waals surface area (Å²) >= 11 is 0. The van der Waals surface area contributed by atoms with Crippen molar-refractivity contribution in [2.75, 3.05) is 31.1 Å². The molecule has 6 rings (SSSR count). The fraction of sp³-hybridized carbons (Fsp3) is 0.360. The molecule has 0 spiro atoms. The monoisotopic (exact) mass is 414 g/mol. The summed E-state index contributed by atoms with van der Waals surface area (Å²) in [4.78, 5) is 17.2. The van der Waals surface area contributed by atoms with Gasteiger partial charge < -0.3 is 14.5 Å². The number of benzene rings is 2. The first-order valence-corrected chi connectivity index (χ1v) is 11.2. The minimum absolute atomic E-state index is 0.101. The molecule has 3 aromatic rings. The second-order valence-electron chi connectivity index (χ2n) is 8.74. The number of hydrogen-bond donors (Lipinski definition) is 0. The van der Waals surface area contributed by atoms with E-state index in [1.54, 1.807) is 4.90 Å². The lowest BCUT2D eigenvalue weighted by atomic mass is 10.1. The van der Waals surface area contributed by atoms with Crippen LogP contribution in [0, 0.1) is 0 Å². The summed E-state index contributed by atoms with van der Waals surface area (Å²) in [5, 5.41) is 5.61. The molecule has 0 bridgehead atoms. The first-order chi connectivity index (χ1) is 15.2. The Morgan fingerprint density at radius 3 is 2.61 bits per heavy atom. The number of ether oxygens (including phenoxy) is 1. The van der Waals surface area contributed by atoms with Crippen LogP contribution in [0.25, 0.3) is 10.9 Å². The van der Waals surface area contributed by atoms with Crippen molar-refractivity contribution in [2.24, 2.45) is 0 Å². The molecule has 6 nitrogen and oxygen atoms in total. The highest BCUT2D eigenvalue weighted by atomic mass is 16.5. The number of aromatic nitrogens is 2. The third kappa shape index (κ3) is 3.61. The van der Waals surface area contributed by atoms with Crippen LogP contribution in [0.3, 0.4) is 0 Å². The molecule has 31 heavy (non-hydrogen) atoms. The maximum absolute atomic E-state index is 13.0. The molecule has 3 heterocycles. The van der Waals surface area contributed by atoms with E-state index in [0.29, 0.717) is 24.0 Å². The molecule has 1 saturated carbocycles. The average molecular weight is 415 g/mol. The van der Waals surface area contributed by atoms with Crippen molar-refractivity contribution in [3.05, 3.63) is 66.1 Å². The van der Waals surface area contributed by atoms with Gasteiger partial charge in [-0.25, -0.2) is 0 Å². The van der Waals surface area contributed by atoms with Gasteiger partial charge in [0.05, 0.1) is 18.3 Å².